The molecule has 5 heteroatoms. The fraction of sp³-hybridized carbons (Fsp3) is 0.467. The van der Waals surface area contributed by atoms with Gasteiger partial charge in [0.25, 0.3) is 0 Å². The second kappa shape index (κ2) is 9.55. The molecule has 0 aliphatic carbocycles. The van der Waals surface area contributed by atoms with Gasteiger partial charge in [-0.15, -0.1) is 6.58 Å². The highest BCUT2D eigenvalue weighted by Crippen LogP contribution is 2.34. The van der Waals surface area contributed by atoms with Gasteiger partial charge in [-0.1, -0.05) is 6.08 Å². The molecule has 0 bridgehead atoms. The van der Waals surface area contributed by atoms with Crippen molar-refractivity contribution in [3.8, 4) is 17.2 Å². The minimum absolute atomic E-state index is 0.676. The van der Waals surface area contributed by atoms with Crippen molar-refractivity contribution in [2.75, 3.05) is 39.4 Å². The normalized spacial score (nSPS) is 10.2. The zero-order chi connectivity index (χ0) is 14.8. The number of hydrogen-bond donors (Lipinski definition) is 1. The smallest absolute Gasteiger partial charge is 0.164 e. The van der Waals surface area contributed by atoms with Crippen LogP contribution in [0, 0.1) is 0 Å². The minimum Gasteiger partial charge on any atom is -0.496 e. The zero-order valence-corrected chi connectivity index (χ0v) is 13.2. The van der Waals surface area contributed by atoms with Crippen LogP contribution in [0.1, 0.15) is 5.56 Å². The first-order valence-corrected chi connectivity index (χ1v) is 7.60. The predicted molar refractivity (Wildman–Crippen MR) is 85.3 cm³/mol. The van der Waals surface area contributed by atoms with Gasteiger partial charge in [0, 0.05) is 36.2 Å². The van der Waals surface area contributed by atoms with Crippen molar-refractivity contribution in [3.63, 3.8) is 0 Å². The van der Waals surface area contributed by atoms with Gasteiger partial charge < -0.3 is 19.5 Å². The van der Waals surface area contributed by atoms with Crippen LogP contribution in [0.4, 0.5) is 0 Å². The molecule has 0 atom stereocenters. The Hall–Kier alpha value is -1.33. The topological polar surface area (TPSA) is 39.7 Å². The van der Waals surface area contributed by atoms with E-state index in [1.165, 1.54) is 0 Å². The molecule has 0 spiro atoms. The van der Waals surface area contributed by atoms with Gasteiger partial charge in [-0.05, 0) is 6.07 Å². The van der Waals surface area contributed by atoms with E-state index in [0.29, 0.717) is 11.5 Å². The molecule has 112 valence electrons. The molecule has 0 saturated carbocycles. The van der Waals surface area contributed by atoms with Crippen LogP contribution in [0.2, 0.25) is 0 Å². The number of ether oxygens (including phenoxy) is 3. The summed E-state index contributed by atoms with van der Waals surface area (Å²) in [5.74, 6) is 4.23. The van der Waals surface area contributed by atoms with E-state index in [1.54, 1.807) is 21.3 Å². The molecule has 0 aliphatic rings. The molecule has 0 amide bonds. The average Bonchev–Trinajstić information content (AvgIpc) is 2.49. The van der Waals surface area contributed by atoms with Gasteiger partial charge in [0.2, 0.25) is 0 Å². The van der Waals surface area contributed by atoms with Gasteiger partial charge in [-0.25, -0.2) is 0 Å². The van der Waals surface area contributed by atoms with E-state index in [1.807, 2.05) is 30.0 Å². The Kier molecular flexibility index (Phi) is 7.99. The first-order chi connectivity index (χ1) is 9.76. The van der Waals surface area contributed by atoms with Crippen LogP contribution in [0.25, 0.3) is 0 Å². The summed E-state index contributed by atoms with van der Waals surface area (Å²) < 4.78 is 16.0. The third kappa shape index (κ3) is 4.98. The third-order valence-electron chi connectivity index (χ3n) is 2.76. The molecule has 0 fully saturated rings. The molecule has 1 N–H and O–H groups in total. The summed E-state index contributed by atoms with van der Waals surface area (Å²) in [5.41, 5.74) is 1.05. The van der Waals surface area contributed by atoms with E-state index in [4.69, 9.17) is 14.2 Å². The molecule has 0 heterocycles. The second-order valence-electron chi connectivity index (χ2n) is 4.06. The largest absolute Gasteiger partial charge is 0.496 e. The molecular weight excluding hydrogens is 274 g/mol. The molecule has 4 nitrogen and oxygen atoms in total. The Balaban J connectivity index is 2.61. The van der Waals surface area contributed by atoms with Gasteiger partial charge >= 0.3 is 0 Å². The number of nitrogens with one attached hydrogen (secondary N) is 1. The fourth-order valence-electron chi connectivity index (χ4n) is 1.76. The van der Waals surface area contributed by atoms with Crippen LogP contribution in [0.15, 0.2) is 24.8 Å². The summed E-state index contributed by atoms with van der Waals surface area (Å²) in [4.78, 5) is 0. The summed E-state index contributed by atoms with van der Waals surface area (Å²) in [6, 6.07) is 3.80. The molecule has 1 rings (SSSR count). The summed E-state index contributed by atoms with van der Waals surface area (Å²) >= 11 is 1.86. The lowest BCUT2D eigenvalue weighted by atomic mass is 10.1. The van der Waals surface area contributed by atoms with E-state index >= 15 is 0 Å². The van der Waals surface area contributed by atoms with Crippen LogP contribution < -0.4 is 19.5 Å². The van der Waals surface area contributed by atoms with Gasteiger partial charge in [-0.3, -0.25) is 0 Å². The number of methoxy groups -OCH3 is 3. The van der Waals surface area contributed by atoms with Crippen molar-refractivity contribution >= 4 is 11.8 Å². The predicted octanol–water partition coefficient (Wildman–Crippen LogP) is 2.72. The molecule has 20 heavy (non-hydrogen) atoms. The molecule has 1 aromatic rings. The van der Waals surface area contributed by atoms with Crippen molar-refractivity contribution in [3.05, 3.63) is 30.4 Å². The van der Waals surface area contributed by atoms with Gasteiger partial charge in [0.15, 0.2) is 11.5 Å². The lowest BCUT2D eigenvalue weighted by Crippen LogP contribution is -2.17. The van der Waals surface area contributed by atoms with Crippen LogP contribution in [-0.4, -0.2) is 39.4 Å². The summed E-state index contributed by atoms with van der Waals surface area (Å²) in [5, 5.41) is 3.39. The average molecular weight is 297 g/mol. The van der Waals surface area contributed by atoms with E-state index in [-0.39, 0.29) is 0 Å². The Morgan fingerprint density at radius 1 is 1.10 bits per heavy atom. The van der Waals surface area contributed by atoms with Gasteiger partial charge in [-0.2, -0.15) is 11.8 Å². The highest BCUT2D eigenvalue weighted by molar-refractivity contribution is 7.99. The van der Waals surface area contributed by atoms with Crippen molar-refractivity contribution in [1.29, 1.82) is 0 Å². The summed E-state index contributed by atoms with van der Waals surface area (Å²) in [6.45, 7) is 5.38. The van der Waals surface area contributed by atoms with Crippen molar-refractivity contribution in [1.82, 2.24) is 5.32 Å². The van der Waals surface area contributed by atoms with E-state index in [9.17, 15) is 0 Å². The van der Waals surface area contributed by atoms with Crippen LogP contribution in [0.5, 0.6) is 17.2 Å². The van der Waals surface area contributed by atoms with E-state index in [2.05, 4.69) is 11.9 Å². The number of hydrogen-bond acceptors (Lipinski definition) is 5. The number of rotatable bonds is 10. The maximum absolute atomic E-state index is 5.39. The van der Waals surface area contributed by atoms with Crippen LogP contribution >= 0.6 is 11.8 Å². The Morgan fingerprint density at radius 3 is 2.35 bits per heavy atom. The highest BCUT2D eigenvalue weighted by atomic mass is 32.2. The molecule has 0 aliphatic heterocycles. The molecule has 0 radical (unpaired) electrons. The van der Waals surface area contributed by atoms with Crippen molar-refractivity contribution < 1.29 is 14.2 Å². The first kappa shape index (κ1) is 16.7. The second-order valence-corrected chi connectivity index (χ2v) is 5.21. The highest BCUT2D eigenvalue weighted by Gasteiger charge is 2.11. The molecule has 0 unspecified atom stereocenters. The molecule has 1 aromatic carbocycles. The maximum atomic E-state index is 5.39. The monoisotopic (exact) mass is 297 g/mol. The fourth-order valence-corrected chi connectivity index (χ4v) is 2.39. The summed E-state index contributed by atoms with van der Waals surface area (Å²) in [7, 11) is 4.91. The minimum atomic E-state index is 0.676. The molecule has 0 aromatic heterocycles. The zero-order valence-electron chi connectivity index (χ0n) is 12.4. The Labute approximate surface area is 125 Å². The lowest BCUT2D eigenvalue weighted by molar-refractivity contribution is 0.347. The van der Waals surface area contributed by atoms with E-state index < -0.39 is 0 Å². The third-order valence-corrected chi connectivity index (χ3v) is 3.73. The van der Waals surface area contributed by atoms with Gasteiger partial charge in [0.1, 0.15) is 5.75 Å². The first-order valence-electron chi connectivity index (χ1n) is 6.45. The molecule has 0 saturated heterocycles. The maximum Gasteiger partial charge on any atom is 0.164 e. The van der Waals surface area contributed by atoms with Gasteiger partial charge in [0.05, 0.1) is 21.3 Å². The molecular formula is C15H23NO3S. The van der Waals surface area contributed by atoms with Crippen LogP contribution in [-0.2, 0) is 6.54 Å². The number of thioether (sulfide) groups is 1. The van der Waals surface area contributed by atoms with Crippen molar-refractivity contribution in [2.24, 2.45) is 0 Å². The quantitative estimate of drug-likeness (QED) is 0.531. The van der Waals surface area contributed by atoms with Crippen LogP contribution in [0.3, 0.4) is 0 Å². The SMILES string of the molecule is C=CCSCCNCc1cc(OC)c(OC)cc1OC. The Bertz CT molecular complexity index is 424. The lowest BCUT2D eigenvalue weighted by Gasteiger charge is -2.14. The van der Waals surface area contributed by atoms with Crippen molar-refractivity contribution in [2.45, 2.75) is 6.54 Å². The standard InChI is InChI=1S/C15H23NO3S/c1-5-7-20-8-6-16-11-12-9-14(18-3)15(19-4)10-13(12)17-2/h5,9-10,16H,1,6-8,11H2,2-4H3. The Morgan fingerprint density at radius 2 is 1.75 bits per heavy atom. The number of benzene rings is 1. The van der Waals surface area contributed by atoms with E-state index in [0.717, 1.165) is 35.9 Å². The summed E-state index contributed by atoms with van der Waals surface area (Å²) in [6.07, 6.45) is 1.92.